The van der Waals surface area contributed by atoms with Crippen LogP contribution in [0.25, 0.3) is 0 Å². The topological polar surface area (TPSA) is 85.9 Å². The third-order valence-electron chi connectivity index (χ3n) is 4.40. The van der Waals surface area contributed by atoms with E-state index in [1.807, 2.05) is 0 Å². The summed E-state index contributed by atoms with van der Waals surface area (Å²) in [5, 5.41) is 5.60. The first-order valence-electron chi connectivity index (χ1n) is 8.90. The Balaban J connectivity index is 1.55. The number of carbonyl (C=O) groups excluding carboxylic acids is 2. The molecule has 0 spiro atoms. The van der Waals surface area contributed by atoms with Crippen LogP contribution in [-0.4, -0.2) is 25.7 Å². The van der Waals surface area contributed by atoms with E-state index in [1.54, 1.807) is 66.7 Å². The van der Waals surface area contributed by atoms with Crippen molar-refractivity contribution in [3.63, 3.8) is 0 Å². The predicted molar refractivity (Wildman–Crippen MR) is 108 cm³/mol. The molecule has 0 bridgehead atoms. The van der Waals surface area contributed by atoms with Crippen LogP contribution in [0.4, 0.5) is 11.4 Å². The van der Waals surface area contributed by atoms with Crippen LogP contribution in [0, 0.1) is 0 Å². The molecule has 2 N–H and O–H groups in total. The van der Waals surface area contributed by atoms with Crippen LogP contribution in [0.15, 0.2) is 66.7 Å². The second-order valence-corrected chi connectivity index (χ2v) is 6.22. The first kappa shape index (κ1) is 18.4. The Morgan fingerprint density at radius 3 is 2.34 bits per heavy atom. The van der Waals surface area contributed by atoms with E-state index in [0.29, 0.717) is 39.8 Å². The van der Waals surface area contributed by atoms with E-state index in [2.05, 4.69) is 10.6 Å². The number of hydrogen-bond acceptors (Lipinski definition) is 5. The zero-order chi connectivity index (χ0) is 20.2. The van der Waals surface area contributed by atoms with Crippen LogP contribution >= 0.6 is 0 Å². The molecule has 3 aromatic rings. The summed E-state index contributed by atoms with van der Waals surface area (Å²) in [7, 11) is 1.50. The van der Waals surface area contributed by atoms with E-state index in [-0.39, 0.29) is 18.6 Å². The lowest BCUT2D eigenvalue weighted by molar-refractivity contribution is 0.102. The van der Waals surface area contributed by atoms with Crippen LogP contribution < -0.4 is 24.8 Å². The first-order valence-corrected chi connectivity index (χ1v) is 8.90. The van der Waals surface area contributed by atoms with Crippen molar-refractivity contribution in [1.29, 1.82) is 0 Å². The molecule has 1 heterocycles. The van der Waals surface area contributed by atoms with E-state index < -0.39 is 0 Å². The molecule has 0 saturated heterocycles. The van der Waals surface area contributed by atoms with Gasteiger partial charge in [0.15, 0.2) is 11.5 Å². The zero-order valence-electron chi connectivity index (χ0n) is 15.6. The second-order valence-electron chi connectivity index (χ2n) is 6.22. The Bertz CT molecular complexity index is 1080. The Morgan fingerprint density at radius 1 is 0.828 bits per heavy atom. The van der Waals surface area contributed by atoms with Gasteiger partial charge in [0.05, 0.1) is 23.9 Å². The highest BCUT2D eigenvalue weighted by Crippen LogP contribution is 2.34. The highest BCUT2D eigenvalue weighted by Gasteiger charge is 2.18. The molecule has 0 atom stereocenters. The Kier molecular flexibility index (Phi) is 5.03. The van der Waals surface area contributed by atoms with E-state index in [4.69, 9.17) is 14.2 Å². The van der Waals surface area contributed by atoms with Gasteiger partial charge in [-0.3, -0.25) is 9.59 Å². The number of ether oxygens (including phenoxy) is 3. The van der Waals surface area contributed by atoms with Gasteiger partial charge < -0.3 is 24.8 Å². The largest absolute Gasteiger partial charge is 0.496 e. The highest BCUT2D eigenvalue weighted by molar-refractivity contribution is 6.13. The molecule has 0 saturated carbocycles. The van der Waals surface area contributed by atoms with Gasteiger partial charge in [0, 0.05) is 11.8 Å². The summed E-state index contributed by atoms with van der Waals surface area (Å²) >= 11 is 0. The lowest BCUT2D eigenvalue weighted by atomic mass is 10.1. The molecule has 1 aliphatic rings. The molecule has 3 aromatic carbocycles. The van der Waals surface area contributed by atoms with Gasteiger partial charge in [0.2, 0.25) is 6.79 Å². The molecule has 0 aliphatic carbocycles. The Labute approximate surface area is 167 Å². The van der Waals surface area contributed by atoms with Gasteiger partial charge in [-0.05, 0) is 36.4 Å². The maximum atomic E-state index is 12.8. The first-order chi connectivity index (χ1) is 14.2. The third-order valence-corrected chi connectivity index (χ3v) is 4.40. The minimum atomic E-state index is -0.370. The third kappa shape index (κ3) is 3.84. The quantitative estimate of drug-likeness (QED) is 0.689. The summed E-state index contributed by atoms with van der Waals surface area (Å²) in [4.78, 5) is 25.5. The van der Waals surface area contributed by atoms with Crippen molar-refractivity contribution in [2.45, 2.75) is 0 Å². The van der Waals surface area contributed by atoms with Crippen molar-refractivity contribution >= 4 is 23.2 Å². The van der Waals surface area contributed by atoms with Gasteiger partial charge in [-0.1, -0.05) is 24.3 Å². The van der Waals surface area contributed by atoms with Crippen molar-refractivity contribution in [2.75, 3.05) is 24.5 Å². The number of carbonyl (C=O) groups is 2. The minimum Gasteiger partial charge on any atom is -0.496 e. The summed E-state index contributed by atoms with van der Waals surface area (Å²) in [6.45, 7) is 0.157. The molecule has 146 valence electrons. The number of anilines is 2. The van der Waals surface area contributed by atoms with Gasteiger partial charge >= 0.3 is 0 Å². The number of nitrogens with one attached hydrogen (secondary N) is 2. The van der Waals surface area contributed by atoms with E-state index in [0.717, 1.165) is 0 Å². The van der Waals surface area contributed by atoms with Crippen molar-refractivity contribution in [2.24, 2.45) is 0 Å². The molecule has 7 nitrogen and oxygen atoms in total. The summed E-state index contributed by atoms with van der Waals surface area (Å²) < 4.78 is 15.8. The van der Waals surface area contributed by atoms with Gasteiger partial charge in [-0.15, -0.1) is 0 Å². The summed E-state index contributed by atoms with van der Waals surface area (Å²) in [5.41, 5.74) is 1.65. The van der Waals surface area contributed by atoms with Crippen LogP contribution in [0.5, 0.6) is 17.2 Å². The van der Waals surface area contributed by atoms with Crippen molar-refractivity contribution < 1.29 is 23.8 Å². The molecule has 4 rings (SSSR count). The minimum absolute atomic E-state index is 0.157. The lowest BCUT2D eigenvalue weighted by Crippen LogP contribution is -2.18. The van der Waals surface area contributed by atoms with Crippen molar-refractivity contribution in [3.05, 3.63) is 77.9 Å². The normalized spacial score (nSPS) is 11.6. The van der Waals surface area contributed by atoms with Gasteiger partial charge in [0.25, 0.3) is 11.8 Å². The van der Waals surface area contributed by atoms with Crippen molar-refractivity contribution in [3.8, 4) is 17.2 Å². The highest BCUT2D eigenvalue weighted by atomic mass is 16.7. The number of amides is 2. The molecular formula is C22H18N2O5. The van der Waals surface area contributed by atoms with E-state index >= 15 is 0 Å². The fourth-order valence-electron chi connectivity index (χ4n) is 2.98. The fraction of sp³-hybridized carbons (Fsp3) is 0.0909. The summed E-state index contributed by atoms with van der Waals surface area (Å²) in [5.74, 6) is 0.922. The standard InChI is InChI=1S/C22H18N2O5/c1-27-18-9-5-3-7-16(18)22(26)24-17-8-4-2-6-15(17)21(25)23-14-10-11-19-20(12-14)29-13-28-19/h2-12H,13H2,1H3,(H,23,25)(H,24,26). The average Bonchev–Trinajstić information content (AvgIpc) is 3.22. The average molecular weight is 390 g/mol. The summed E-state index contributed by atoms with van der Waals surface area (Å²) in [6.07, 6.45) is 0. The number of rotatable bonds is 5. The number of hydrogen-bond donors (Lipinski definition) is 2. The van der Waals surface area contributed by atoms with Gasteiger partial charge in [-0.25, -0.2) is 0 Å². The predicted octanol–water partition coefficient (Wildman–Crippen LogP) is 3.93. The zero-order valence-corrected chi connectivity index (χ0v) is 15.6. The number of para-hydroxylation sites is 2. The van der Waals surface area contributed by atoms with Crippen LogP contribution in [0.1, 0.15) is 20.7 Å². The van der Waals surface area contributed by atoms with Gasteiger partial charge in [0.1, 0.15) is 5.75 Å². The second kappa shape index (κ2) is 7.93. The molecular weight excluding hydrogens is 372 g/mol. The molecule has 0 fully saturated rings. The number of methoxy groups -OCH3 is 1. The molecule has 0 radical (unpaired) electrons. The smallest absolute Gasteiger partial charge is 0.259 e. The number of fused-ring (bicyclic) bond motifs is 1. The summed E-state index contributed by atoms with van der Waals surface area (Å²) in [6, 6.07) is 18.8. The Hall–Kier alpha value is -4.00. The lowest BCUT2D eigenvalue weighted by Gasteiger charge is -2.13. The molecule has 2 amide bonds. The molecule has 7 heteroatoms. The molecule has 29 heavy (non-hydrogen) atoms. The van der Waals surface area contributed by atoms with E-state index in [9.17, 15) is 9.59 Å². The van der Waals surface area contributed by atoms with Crippen LogP contribution in [0.3, 0.4) is 0 Å². The monoisotopic (exact) mass is 390 g/mol. The van der Waals surface area contributed by atoms with Crippen LogP contribution in [-0.2, 0) is 0 Å². The number of benzene rings is 3. The molecule has 1 aliphatic heterocycles. The van der Waals surface area contributed by atoms with E-state index in [1.165, 1.54) is 7.11 Å². The maximum absolute atomic E-state index is 12.8. The Morgan fingerprint density at radius 2 is 1.52 bits per heavy atom. The van der Waals surface area contributed by atoms with Crippen molar-refractivity contribution in [1.82, 2.24) is 0 Å². The SMILES string of the molecule is COc1ccccc1C(=O)Nc1ccccc1C(=O)Nc1ccc2c(c1)OCO2. The van der Waals surface area contributed by atoms with Crippen LogP contribution in [0.2, 0.25) is 0 Å². The fourth-order valence-corrected chi connectivity index (χ4v) is 2.98. The molecule has 0 unspecified atom stereocenters. The van der Waals surface area contributed by atoms with Gasteiger partial charge in [-0.2, -0.15) is 0 Å². The molecule has 0 aromatic heterocycles. The maximum Gasteiger partial charge on any atom is 0.259 e.